The second-order valence-electron chi connectivity index (χ2n) is 4.53. The molecule has 0 saturated carbocycles. The van der Waals surface area contributed by atoms with E-state index in [9.17, 15) is 0 Å². The molecule has 2 saturated heterocycles. The first-order chi connectivity index (χ1) is 7.75. The molecule has 0 bridgehead atoms. The molecular formula is C11H22N4O. The Morgan fingerprint density at radius 2 is 1.69 bits per heavy atom. The maximum absolute atomic E-state index is 5.31. The lowest BCUT2D eigenvalue weighted by atomic mass is 10.1. The van der Waals surface area contributed by atoms with Crippen LogP contribution in [0.25, 0.3) is 0 Å². The standard InChI is InChI=1S/C11H22N4O/c1-13(2)15-5-3-11(4-6-15)12-14-7-9-16-10-8-14/h3-10H2,1-2H3. The van der Waals surface area contributed by atoms with E-state index >= 15 is 0 Å². The van der Waals surface area contributed by atoms with Crippen LogP contribution in [0.15, 0.2) is 5.10 Å². The van der Waals surface area contributed by atoms with Gasteiger partial charge in [-0.05, 0) is 0 Å². The van der Waals surface area contributed by atoms with Crippen molar-refractivity contribution < 1.29 is 4.74 Å². The predicted molar refractivity (Wildman–Crippen MR) is 64.3 cm³/mol. The number of morpholine rings is 1. The molecule has 0 aromatic carbocycles. The van der Waals surface area contributed by atoms with Crippen LogP contribution in [0.2, 0.25) is 0 Å². The van der Waals surface area contributed by atoms with Crippen LogP contribution in [0.4, 0.5) is 0 Å². The van der Waals surface area contributed by atoms with Crippen molar-refractivity contribution in [1.82, 2.24) is 15.0 Å². The Hall–Kier alpha value is -0.650. The molecule has 5 nitrogen and oxygen atoms in total. The van der Waals surface area contributed by atoms with E-state index in [4.69, 9.17) is 9.84 Å². The van der Waals surface area contributed by atoms with Crippen LogP contribution < -0.4 is 0 Å². The Balaban J connectivity index is 1.81. The minimum Gasteiger partial charge on any atom is -0.378 e. The largest absolute Gasteiger partial charge is 0.378 e. The second kappa shape index (κ2) is 5.61. The van der Waals surface area contributed by atoms with E-state index in [0.717, 1.165) is 52.2 Å². The van der Waals surface area contributed by atoms with Gasteiger partial charge in [-0.25, -0.2) is 10.0 Å². The van der Waals surface area contributed by atoms with E-state index in [0.29, 0.717) is 0 Å². The summed E-state index contributed by atoms with van der Waals surface area (Å²) in [6.45, 7) is 5.72. The number of hydrogen-bond acceptors (Lipinski definition) is 5. The first-order valence-corrected chi connectivity index (χ1v) is 6.07. The summed E-state index contributed by atoms with van der Waals surface area (Å²) in [7, 11) is 4.20. The predicted octanol–water partition coefficient (Wildman–Crippen LogP) is 0.247. The van der Waals surface area contributed by atoms with Crippen molar-refractivity contribution in [3.63, 3.8) is 0 Å². The van der Waals surface area contributed by atoms with Crippen LogP contribution in [0.3, 0.4) is 0 Å². The quantitative estimate of drug-likeness (QED) is 0.675. The molecule has 0 atom stereocenters. The summed E-state index contributed by atoms with van der Waals surface area (Å²) in [5.74, 6) is 0. The first-order valence-electron chi connectivity index (χ1n) is 6.07. The van der Waals surface area contributed by atoms with Gasteiger partial charge in [0, 0.05) is 45.7 Å². The molecule has 2 aliphatic heterocycles. The number of ether oxygens (including phenoxy) is 1. The zero-order valence-corrected chi connectivity index (χ0v) is 10.4. The van der Waals surface area contributed by atoms with Crippen molar-refractivity contribution in [3.8, 4) is 0 Å². The van der Waals surface area contributed by atoms with Crippen molar-refractivity contribution in [3.05, 3.63) is 0 Å². The maximum atomic E-state index is 5.31. The lowest BCUT2D eigenvalue weighted by Gasteiger charge is -2.33. The summed E-state index contributed by atoms with van der Waals surface area (Å²) in [6.07, 6.45) is 2.19. The Morgan fingerprint density at radius 1 is 1.06 bits per heavy atom. The molecule has 0 N–H and O–H groups in total. The topological polar surface area (TPSA) is 31.3 Å². The third-order valence-electron chi connectivity index (χ3n) is 3.15. The fourth-order valence-corrected chi connectivity index (χ4v) is 2.11. The van der Waals surface area contributed by atoms with Gasteiger partial charge in [0.15, 0.2) is 0 Å². The van der Waals surface area contributed by atoms with Crippen LogP contribution in [0.1, 0.15) is 12.8 Å². The highest BCUT2D eigenvalue weighted by atomic mass is 16.5. The Kier molecular flexibility index (Phi) is 4.15. The van der Waals surface area contributed by atoms with Gasteiger partial charge in [-0.1, -0.05) is 0 Å². The minimum atomic E-state index is 0.820. The number of rotatable bonds is 2. The monoisotopic (exact) mass is 226 g/mol. The van der Waals surface area contributed by atoms with Crippen molar-refractivity contribution in [2.45, 2.75) is 12.8 Å². The summed E-state index contributed by atoms with van der Waals surface area (Å²) in [5, 5.41) is 11.4. The summed E-state index contributed by atoms with van der Waals surface area (Å²) in [6, 6.07) is 0. The van der Waals surface area contributed by atoms with E-state index < -0.39 is 0 Å². The van der Waals surface area contributed by atoms with Crippen LogP contribution in [0.5, 0.6) is 0 Å². The van der Waals surface area contributed by atoms with Gasteiger partial charge in [0.05, 0.1) is 26.3 Å². The minimum absolute atomic E-state index is 0.820. The molecule has 0 spiro atoms. The van der Waals surface area contributed by atoms with E-state index in [1.165, 1.54) is 5.71 Å². The molecular weight excluding hydrogens is 204 g/mol. The molecule has 92 valence electrons. The number of piperidine rings is 1. The summed E-state index contributed by atoms with van der Waals surface area (Å²) >= 11 is 0. The fourth-order valence-electron chi connectivity index (χ4n) is 2.11. The summed E-state index contributed by atoms with van der Waals surface area (Å²) in [5.41, 5.74) is 1.35. The zero-order valence-electron chi connectivity index (χ0n) is 10.4. The fraction of sp³-hybridized carbons (Fsp3) is 0.909. The molecule has 5 heteroatoms. The van der Waals surface area contributed by atoms with Crippen molar-refractivity contribution in [2.24, 2.45) is 5.10 Å². The van der Waals surface area contributed by atoms with E-state index in [1.54, 1.807) is 0 Å². The molecule has 2 fully saturated rings. The van der Waals surface area contributed by atoms with Crippen molar-refractivity contribution in [2.75, 3.05) is 53.5 Å². The molecule has 16 heavy (non-hydrogen) atoms. The number of nitrogens with zero attached hydrogens (tertiary/aromatic N) is 4. The van der Waals surface area contributed by atoms with Crippen LogP contribution in [0, 0.1) is 0 Å². The van der Waals surface area contributed by atoms with Gasteiger partial charge in [0.25, 0.3) is 0 Å². The van der Waals surface area contributed by atoms with Gasteiger partial charge in [-0.15, -0.1) is 0 Å². The highest BCUT2D eigenvalue weighted by Gasteiger charge is 2.17. The van der Waals surface area contributed by atoms with Crippen LogP contribution in [-0.2, 0) is 4.74 Å². The first kappa shape index (κ1) is 11.8. The van der Waals surface area contributed by atoms with Gasteiger partial charge >= 0.3 is 0 Å². The molecule has 2 aliphatic rings. The van der Waals surface area contributed by atoms with Gasteiger partial charge in [0.1, 0.15) is 0 Å². The Labute approximate surface area is 97.6 Å². The smallest absolute Gasteiger partial charge is 0.0659 e. The average molecular weight is 226 g/mol. The molecule has 2 heterocycles. The van der Waals surface area contributed by atoms with Gasteiger partial charge in [-0.3, -0.25) is 5.01 Å². The van der Waals surface area contributed by atoms with E-state index in [-0.39, 0.29) is 0 Å². The lowest BCUT2D eigenvalue weighted by Crippen LogP contribution is -2.43. The van der Waals surface area contributed by atoms with E-state index in [2.05, 4.69) is 29.1 Å². The molecule has 0 radical (unpaired) electrons. The number of hydrazine groups is 1. The summed E-state index contributed by atoms with van der Waals surface area (Å²) in [4.78, 5) is 0. The number of hydrogen-bond donors (Lipinski definition) is 0. The summed E-state index contributed by atoms with van der Waals surface area (Å²) < 4.78 is 5.31. The average Bonchev–Trinajstić information content (AvgIpc) is 2.31. The van der Waals surface area contributed by atoms with Gasteiger partial charge in [-0.2, -0.15) is 5.10 Å². The molecule has 2 rings (SSSR count). The van der Waals surface area contributed by atoms with Crippen LogP contribution >= 0.6 is 0 Å². The normalized spacial score (nSPS) is 23.9. The third-order valence-corrected chi connectivity index (χ3v) is 3.15. The highest BCUT2D eigenvalue weighted by Crippen LogP contribution is 2.10. The molecule has 0 aromatic rings. The number of hydrazone groups is 1. The molecule has 0 aromatic heterocycles. The lowest BCUT2D eigenvalue weighted by molar-refractivity contribution is 0.0221. The van der Waals surface area contributed by atoms with Crippen molar-refractivity contribution in [1.29, 1.82) is 0 Å². The van der Waals surface area contributed by atoms with Gasteiger partial charge in [0.2, 0.25) is 0 Å². The SMILES string of the molecule is CN(C)N1CCC(=NN2CCOCC2)CC1. The molecule has 0 amide bonds. The van der Waals surface area contributed by atoms with E-state index in [1.807, 2.05) is 0 Å². The third kappa shape index (κ3) is 3.17. The second-order valence-corrected chi connectivity index (χ2v) is 4.53. The van der Waals surface area contributed by atoms with Crippen LogP contribution in [-0.4, -0.2) is 74.2 Å². The molecule has 0 unspecified atom stereocenters. The Bertz CT molecular complexity index is 238. The maximum Gasteiger partial charge on any atom is 0.0659 e. The van der Waals surface area contributed by atoms with Gasteiger partial charge < -0.3 is 4.74 Å². The zero-order chi connectivity index (χ0) is 11.4. The Morgan fingerprint density at radius 3 is 2.25 bits per heavy atom. The highest BCUT2D eigenvalue weighted by molar-refractivity contribution is 5.85. The van der Waals surface area contributed by atoms with Crippen molar-refractivity contribution >= 4 is 5.71 Å². The molecule has 0 aliphatic carbocycles.